The Morgan fingerprint density at radius 1 is 1.32 bits per heavy atom. The van der Waals surface area contributed by atoms with Crippen LogP contribution in [0.2, 0.25) is 0 Å². The summed E-state index contributed by atoms with van der Waals surface area (Å²) in [5.41, 5.74) is 0.608. The van der Waals surface area contributed by atoms with E-state index in [1.54, 1.807) is 25.1 Å². The summed E-state index contributed by atoms with van der Waals surface area (Å²) in [5, 5.41) is 9.12. The molecular weight excluding hydrogens is 248 g/mol. The molecule has 1 aliphatic rings. The normalized spacial score (nSPS) is 13.1. The van der Waals surface area contributed by atoms with Gasteiger partial charge in [-0.2, -0.15) is 0 Å². The zero-order valence-corrected chi connectivity index (χ0v) is 10.3. The summed E-state index contributed by atoms with van der Waals surface area (Å²) in [6, 6.07) is 5.21. The van der Waals surface area contributed by atoms with E-state index >= 15 is 0 Å². The number of aromatic amines is 1. The molecule has 3 rings (SSSR count). The molecule has 2 aromatic rings. The van der Waals surface area contributed by atoms with Gasteiger partial charge in [0, 0.05) is 11.8 Å². The third-order valence-electron chi connectivity index (χ3n) is 2.60. The van der Waals surface area contributed by atoms with Gasteiger partial charge in [-0.3, -0.25) is 9.89 Å². The maximum Gasteiger partial charge on any atom is 0.295 e. The van der Waals surface area contributed by atoms with Crippen molar-refractivity contribution in [2.45, 2.75) is 6.92 Å². The van der Waals surface area contributed by atoms with E-state index in [4.69, 9.17) is 9.47 Å². The number of H-pyrrole nitrogens is 1. The molecule has 1 aromatic carbocycles. The molecule has 7 nitrogen and oxygen atoms in total. The summed E-state index contributed by atoms with van der Waals surface area (Å²) in [6.07, 6.45) is 0. The molecule has 0 aliphatic carbocycles. The highest BCUT2D eigenvalue weighted by atomic mass is 16.6. The van der Waals surface area contributed by atoms with E-state index in [0.29, 0.717) is 36.2 Å². The van der Waals surface area contributed by atoms with E-state index < -0.39 is 0 Å². The minimum Gasteiger partial charge on any atom is -0.486 e. The van der Waals surface area contributed by atoms with Crippen molar-refractivity contribution in [3.63, 3.8) is 0 Å². The molecule has 19 heavy (non-hydrogen) atoms. The lowest BCUT2D eigenvalue weighted by molar-refractivity contribution is 0.101. The van der Waals surface area contributed by atoms with Crippen molar-refractivity contribution in [1.82, 2.24) is 15.2 Å². The molecule has 1 aliphatic heterocycles. The van der Waals surface area contributed by atoms with Gasteiger partial charge in [-0.05, 0) is 19.1 Å². The standard InChI is InChI=1S/C12H12N4O3/c1-7-13-11(16-15-7)12(17)14-8-2-3-9-10(6-8)19-5-4-18-9/h2-3,6H,4-5H2,1H3,(H,14,17)(H,13,15,16). The number of hydrogen-bond donors (Lipinski definition) is 2. The maximum absolute atomic E-state index is 11.9. The van der Waals surface area contributed by atoms with Crippen molar-refractivity contribution >= 4 is 11.6 Å². The molecule has 2 heterocycles. The van der Waals surface area contributed by atoms with Crippen LogP contribution in [0.5, 0.6) is 11.5 Å². The molecule has 1 aromatic heterocycles. The van der Waals surface area contributed by atoms with Crippen LogP contribution >= 0.6 is 0 Å². The largest absolute Gasteiger partial charge is 0.486 e. The molecule has 0 radical (unpaired) electrons. The number of aryl methyl sites for hydroxylation is 1. The van der Waals surface area contributed by atoms with Crippen LogP contribution in [0.3, 0.4) is 0 Å². The van der Waals surface area contributed by atoms with Crippen LogP contribution in [0.25, 0.3) is 0 Å². The molecule has 0 saturated heterocycles. The highest BCUT2D eigenvalue weighted by Gasteiger charge is 2.15. The number of hydrogen-bond acceptors (Lipinski definition) is 5. The monoisotopic (exact) mass is 260 g/mol. The molecule has 0 spiro atoms. The highest BCUT2D eigenvalue weighted by Crippen LogP contribution is 2.32. The number of benzene rings is 1. The van der Waals surface area contributed by atoms with Crippen LogP contribution in [-0.2, 0) is 0 Å². The van der Waals surface area contributed by atoms with Crippen LogP contribution in [0, 0.1) is 6.92 Å². The van der Waals surface area contributed by atoms with Gasteiger partial charge in [-0.15, -0.1) is 5.10 Å². The fourth-order valence-corrected chi connectivity index (χ4v) is 1.75. The zero-order chi connectivity index (χ0) is 13.2. The second-order valence-corrected chi connectivity index (χ2v) is 4.06. The first-order chi connectivity index (χ1) is 9.22. The van der Waals surface area contributed by atoms with Crippen LogP contribution in [-0.4, -0.2) is 34.3 Å². The summed E-state index contributed by atoms with van der Waals surface area (Å²) in [5.74, 6) is 1.62. The lowest BCUT2D eigenvalue weighted by Gasteiger charge is -2.18. The number of anilines is 1. The van der Waals surface area contributed by atoms with Gasteiger partial charge in [0.15, 0.2) is 11.5 Å². The quantitative estimate of drug-likeness (QED) is 0.845. The summed E-state index contributed by atoms with van der Waals surface area (Å²) in [7, 11) is 0. The Kier molecular flexibility index (Phi) is 2.79. The molecular formula is C12H12N4O3. The third-order valence-corrected chi connectivity index (χ3v) is 2.60. The number of carbonyl (C=O) groups is 1. The Morgan fingerprint density at radius 3 is 2.84 bits per heavy atom. The van der Waals surface area contributed by atoms with E-state index in [1.165, 1.54) is 0 Å². The van der Waals surface area contributed by atoms with E-state index in [9.17, 15) is 4.79 Å². The van der Waals surface area contributed by atoms with Crippen molar-refractivity contribution in [2.75, 3.05) is 18.5 Å². The van der Waals surface area contributed by atoms with E-state index in [-0.39, 0.29) is 11.7 Å². The second kappa shape index (κ2) is 4.60. The predicted octanol–water partition coefficient (Wildman–Crippen LogP) is 1.14. The number of nitrogens with one attached hydrogen (secondary N) is 2. The van der Waals surface area contributed by atoms with Crippen LogP contribution < -0.4 is 14.8 Å². The van der Waals surface area contributed by atoms with Gasteiger partial charge < -0.3 is 14.8 Å². The lowest BCUT2D eigenvalue weighted by Crippen LogP contribution is -2.17. The molecule has 1 amide bonds. The van der Waals surface area contributed by atoms with E-state index in [0.717, 1.165) is 0 Å². The number of amides is 1. The second-order valence-electron chi connectivity index (χ2n) is 4.06. The Labute approximate surface area is 108 Å². The number of fused-ring (bicyclic) bond motifs is 1. The molecule has 0 saturated carbocycles. The number of carbonyl (C=O) groups excluding carboxylic acids is 1. The average molecular weight is 260 g/mol. The topological polar surface area (TPSA) is 89.1 Å². The third kappa shape index (κ3) is 2.35. The van der Waals surface area contributed by atoms with E-state index in [2.05, 4.69) is 20.5 Å². The van der Waals surface area contributed by atoms with Crippen LogP contribution in [0.15, 0.2) is 18.2 Å². The number of aromatic nitrogens is 3. The Hall–Kier alpha value is -2.57. The molecule has 98 valence electrons. The number of rotatable bonds is 2. The van der Waals surface area contributed by atoms with Crippen LogP contribution in [0.1, 0.15) is 16.4 Å². The Bertz CT molecular complexity index is 623. The Balaban J connectivity index is 1.78. The van der Waals surface area contributed by atoms with Crippen molar-refractivity contribution in [1.29, 1.82) is 0 Å². The molecule has 2 N–H and O–H groups in total. The SMILES string of the molecule is Cc1nc(C(=O)Nc2ccc3c(c2)OCCO3)n[nH]1. The first kappa shape index (κ1) is 11.5. The van der Waals surface area contributed by atoms with Crippen LogP contribution in [0.4, 0.5) is 5.69 Å². The minimum atomic E-state index is -0.374. The van der Waals surface area contributed by atoms with Crippen molar-refractivity contribution in [3.05, 3.63) is 29.8 Å². The van der Waals surface area contributed by atoms with Gasteiger partial charge in [0.05, 0.1) is 0 Å². The summed E-state index contributed by atoms with van der Waals surface area (Å²) in [6.45, 7) is 2.77. The van der Waals surface area contributed by atoms with Gasteiger partial charge in [0.25, 0.3) is 5.91 Å². The number of ether oxygens (including phenoxy) is 2. The Morgan fingerprint density at radius 2 is 2.11 bits per heavy atom. The fraction of sp³-hybridized carbons (Fsp3) is 0.250. The summed E-state index contributed by atoms with van der Waals surface area (Å²) in [4.78, 5) is 15.8. The van der Waals surface area contributed by atoms with Gasteiger partial charge >= 0.3 is 0 Å². The molecule has 0 unspecified atom stereocenters. The van der Waals surface area contributed by atoms with Crippen molar-refractivity contribution in [3.8, 4) is 11.5 Å². The summed E-state index contributed by atoms with van der Waals surface area (Å²) >= 11 is 0. The fourth-order valence-electron chi connectivity index (χ4n) is 1.75. The summed E-state index contributed by atoms with van der Waals surface area (Å²) < 4.78 is 10.8. The lowest BCUT2D eigenvalue weighted by atomic mass is 10.2. The zero-order valence-electron chi connectivity index (χ0n) is 10.3. The van der Waals surface area contributed by atoms with Gasteiger partial charge in [-0.1, -0.05) is 0 Å². The van der Waals surface area contributed by atoms with E-state index in [1.807, 2.05) is 0 Å². The predicted molar refractivity (Wildman–Crippen MR) is 66.5 cm³/mol. The van der Waals surface area contributed by atoms with Crippen molar-refractivity contribution < 1.29 is 14.3 Å². The average Bonchev–Trinajstić information content (AvgIpc) is 2.85. The molecule has 0 fully saturated rings. The maximum atomic E-state index is 11.9. The molecule has 0 atom stereocenters. The molecule has 7 heteroatoms. The van der Waals surface area contributed by atoms with Crippen molar-refractivity contribution in [2.24, 2.45) is 0 Å². The smallest absolute Gasteiger partial charge is 0.295 e. The van der Waals surface area contributed by atoms with Gasteiger partial charge in [-0.25, -0.2) is 4.98 Å². The first-order valence-electron chi connectivity index (χ1n) is 5.82. The van der Waals surface area contributed by atoms with Gasteiger partial charge in [0.1, 0.15) is 19.0 Å². The highest BCUT2D eigenvalue weighted by molar-refractivity contribution is 6.01. The van der Waals surface area contributed by atoms with Gasteiger partial charge in [0.2, 0.25) is 5.82 Å². The minimum absolute atomic E-state index is 0.104. The molecule has 0 bridgehead atoms. The first-order valence-corrected chi connectivity index (χ1v) is 5.82. The number of nitrogens with zero attached hydrogens (tertiary/aromatic N) is 2.